The summed E-state index contributed by atoms with van der Waals surface area (Å²) in [5.41, 5.74) is 6.01. The van der Waals surface area contributed by atoms with Crippen molar-refractivity contribution in [2.24, 2.45) is 5.73 Å². The molecule has 5 N–H and O–H groups in total. The maximum absolute atomic E-state index is 10.6. The smallest absolute Gasteiger partial charge is 0.475 e. The third-order valence-electron chi connectivity index (χ3n) is 6.04. The minimum absolute atomic E-state index is 0.472. The second kappa shape index (κ2) is 16.8. The minimum atomic E-state index is -5.08. The van der Waals surface area contributed by atoms with Crippen LogP contribution in [-0.4, -0.2) is 119 Å². The van der Waals surface area contributed by atoms with Crippen LogP contribution in [0.2, 0.25) is 0 Å². The number of nitrogens with zero attached hydrogens (tertiary/aromatic N) is 2. The molecule has 236 valence electrons. The van der Waals surface area contributed by atoms with E-state index in [0.717, 1.165) is 25.3 Å². The number of ether oxygens (including phenoxy) is 1. The van der Waals surface area contributed by atoms with E-state index in [1.807, 2.05) is 0 Å². The number of carbonyl (C=O) groups is 3. The molecule has 1 saturated carbocycles. The number of halogens is 9. The van der Waals surface area contributed by atoms with E-state index in [9.17, 15) is 39.5 Å². The monoisotopic (exact) mass is 609 g/mol. The minimum Gasteiger partial charge on any atom is -0.475 e. The predicted octanol–water partition coefficient (Wildman–Crippen LogP) is 2.95. The zero-order valence-corrected chi connectivity index (χ0v) is 21.1. The summed E-state index contributed by atoms with van der Waals surface area (Å²) in [7, 11) is 0. The average Bonchev–Trinajstić information content (AvgIpc) is 2.84. The van der Waals surface area contributed by atoms with Gasteiger partial charge >= 0.3 is 36.4 Å². The first-order chi connectivity index (χ1) is 18.2. The molecular weight excluding hydrogens is 577 g/mol. The van der Waals surface area contributed by atoms with Crippen LogP contribution in [0.15, 0.2) is 0 Å². The Hall–Kier alpha value is -2.38. The molecule has 0 spiro atoms. The summed E-state index contributed by atoms with van der Waals surface area (Å²) < 4.78 is 101. The number of carboxylic acid groups (broad SMARTS) is 3. The summed E-state index contributed by atoms with van der Waals surface area (Å²) in [6.45, 7) is 6.96. The van der Waals surface area contributed by atoms with Crippen LogP contribution in [-0.2, 0) is 19.1 Å². The third kappa shape index (κ3) is 16.0. The molecule has 0 amide bonds. The van der Waals surface area contributed by atoms with Gasteiger partial charge in [0.05, 0.1) is 0 Å². The number of rotatable bonds is 2. The van der Waals surface area contributed by atoms with Crippen molar-refractivity contribution in [1.82, 2.24) is 9.80 Å². The van der Waals surface area contributed by atoms with E-state index >= 15 is 0 Å². The molecule has 0 aromatic carbocycles. The van der Waals surface area contributed by atoms with Crippen LogP contribution in [0.4, 0.5) is 39.5 Å². The maximum Gasteiger partial charge on any atom is 0.490 e. The lowest BCUT2D eigenvalue weighted by Crippen LogP contribution is -2.54. The van der Waals surface area contributed by atoms with Crippen LogP contribution in [0.3, 0.4) is 0 Å². The van der Waals surface area contributed by atoms with Gasteiger partial charge in [-0.2, -0.15) is 39.5 Å². The average molecular weight is 609 g/mol. The molecule has 2 saturated heterocycles. The molecule has 0 bridgehead atoms. The first kappa shape index (κ1) is 37.6. The van der Waals surface area contributed by atoms with Crippen molar-refractivity contribution in [2.75, 3.05) is 39.4 Å². The molecule has 0 aromatic heterocycles. The number of carboxylic acids is 3. The summed E-state index contributed by atoms with van der Waals surface area (Å²) >= 11 is 0. The quantitative estimate of drug-likeness (QED) is 0.344. The molecule has 3 aliphatic rings. The number of nitrogens with two attached hydrogens (primary N) is 1. The van der Waals surface area contributed by atoms with E-state index < -0.39 is 36.4 Å². The molecule has 3 rings (SSSR count). The third-order valence-corrected chi connectivity index (χ3v) is 6.04. The van der Waals surface area contributed by atoms with Crippen molar-refractivity contribution in [2.45, 2.75) is 75.2 Å². The van der Waals surface area contributed by atoms with Crippen LogP contribution in [0.1, 0.15) is 38.5 Å². The first-order valence-corrected chi connectivity index (χ1v) is 11.9. The summed E-state index contributed by atoms with van der Waals surface area (Å²) in [6, 6.07) is 2.08. The van der Waals surface area contributed by atoms with Crippen molar-refractivity contribution >= 4 is 17.9 Å². The van der Waals surface area contributed by atoms with Crippen molar-refractivity contribution in [3.05, 3.63) is 0 Å². The standard InChI is InChI=1S/C15H29N3O.3C2HF3O2/c16-13-1-3-14(4-2-13)17-7-9-18(10-8-17)15-5-11-19-12-6-15;3*3-2(4,5)1(6)7/h13-15H,1-12,16H2;3*(H,6,7). The molecule has 2 aliphatic heterocycles. The van der Waals surface area contributed by atoms with E-state index in [1.54, 1.807) is 0 Å². The molecule has 1 aliphatic carbocycles. The van der Waals surface area contributed by atoms with Gasteiger partial charge in [-0.3, -0.25) is 9.80 Å². The number of hydrogen-bond acceptors (Lipinski definition) is 7. The van der Waals surface area contributed by atoms with Crippen LogP contribution < -0.4 is 5.73 Å². The molecule has 0 unspecified atom stereocenters. The SMILES string of the molecule is NC1CCC(N2CCN(C3CCOCC3)CC2)CC1.O=C(O)C(F)(F)F.O=C(O)C(F)(F)F.O=C(O)C(F)(F)F. The van der Waals surface area contributed by atoms with Gasteiger partial charge in [0, 0.05) is 57.5 Å². The Morgan fingerprint density at radius 2 is 0.825 bits per heavy atom. The molecule has 0 aromatic rings. The zero-order chi connectivity index (χ0) is 31.3. The normalized spacial score (nSPS) is 23.2. The van der Waals surface area contributed by atoms with Gasteiger partial charge < -0.3 is 25.8 Å². The fourth-order valence-electron chi connectivity index (χ4n) is 3.98. The number of piperazine rings is 1. The number of hydrogen-bond donors (Lipinski definition) is 4. The highest BCUT2D eigenvalue weighted by atomic mass is 19.4. The Kier molecular flexibility index (Phi) is 15.8. The van der Waals surface area contributed by atoms with Crippen molar-refractivity contribution in [3.63, 3.8) is 0 Å². The van der Waals surface area contributed by atoms with E-state index in [2.05, 4.69) is 9.80 Å². The fraction of sp³-hybridized carbons (Fsp3) is 0.857. The van der Waals surface area contributed by atoms with Crippen molar-refractivity contribution < 1.29 is 74.0 Å². The van der Waals surface area contributed by atoms with E-state index in [0.29, 0.717) is 6.04 Å². The highest BCUT2D eigenvalue weighted by molar-refractivity contribution is 5.73. The second-order valence-corrected chi connectivity index (χ2v) is 8.89. The van der Waals surface area contributed by atoms with Gasteiger partial charge in [0.25, 0.3) is 0 Å². The van der Waals surface area contributed by atoms with E-state index in [4.69, 9.17) is 40.2 Å². The summed E-state index contributed by atoms with van der Waals surface area (Å²) in [5, 5.41) is 21.4. The van der Waals surface area contributed by atoms with Gasteiger partial charge in [0.1, 0.15) is 0 Å². The van der Waals surface area contributed by atoms with Gasteiger partial charge in [0.2, 0.25) is 0 Å². The molecule has 10 nitrogen and oxygen atoms in total. The summed E-state index contributed by atoms with van der Waals surface area (Å²) in [6.07, 6.45) is -7.69. The Labute approximate surface area is 222 Å². The topological polar surface area (TPSA) is 154 Å². The van der Waals surface area contributed by atoms with Gasteiger partial charge in [-0.15, -0.1) is 0 Å². The first-order valence-electron chi connectivity index (χ1n) is 11.9. The highest BCUT2D eigenvalue weighted by Crippen LogP contribution is 2.24. The van der Waals surface area contributed by atoms with Crippen molar-refractivity contribution in [3.8, 4) is 0 Å². The highest BCUT2D eigenvalue weighted by Gasteiger charge is 2.39. The van der Waals surface area contributed by atoms with E-state index in [1.165, 1.54) is 64.7 Å². The Bertz CT molecular complexity index is 716. The van der Waals surface area contributed by atoms with Crippen LogP contribution in [0.5, 0.6) is 0 Å². The van der Waals surface area contributed by atoms with E-state index in [-0.39, 0.29) is 0 Å². The predicted molar refractivity (Wildman–Crippen MR) is 118 cm³/mol. The molecule has 19 heteroatoms. The number of alkyl halides is 9. The Morgan fingerprint density at radius 1 is 0.575 bits per heavy atom. The molecule has 0 radical (unpaired) electrons. The van der Waals surface area contributed by atoms with Gasteiger partial charge in [0.15, 0.2) is 0 Å². The van der Waals surface area contributed by atoms with Gasteiger partial charge in [-0.05, 0) is 38.5 Å². The second-order valence-electron chi connectivity index (χ2n) is 8.89. The lowest BCUT2D eigenvalue weighted by molar-refractivity contribution is -0.193. The number of aliphatic carboxylic acids is 3. The van der Waals surface area contributed by atoms with Crippen LogP contribution >= 0.6 is 0 Å². The van der Waals surface area contributed by atoms with Gasteiger partial charge in [-0.1, -0.05) is 0 Å². The molecule has 3 fully saturated rings. The van der Waals surface area contributed by atoms with Crippen molar-refractivity contribution in [1.29, 1.82) is 0 Å². The zero-order valence-electron chi connectivity index (χ0n) is 21.1. The Morgan fingerprint density at radius 3 is 1.07 bits per heavy atom. The largest absolute Gasteiger partial charge is 0.490 e. The Balaban J connectivity index is 0.000000603. The summed E-state index contributed by atoms with van der Waals surface area (Å²) in [4.78, 5) is 32.1. The summed E-state index contributed by atoms with van der Waals surface area (Å²) in [5.74, 6) is -8.27. The molecular formula is C21H32F9N3O7. The van der Waals surface area contributed by atoms with Crippen LogP contribution in [0.25, 0.3) is 0 Å². The molecule has 2 heterocycles. The lowest BCUT2D eigenvalue weighted by atomic mass is 9.90. The molecule has 40 heavy (non-hydrogen) atoms. The van der Waals surface area contributed by atoms with Gasteiger partial charge in [-0.25, -0.2) is 14.4 Å². The molecule has 0 atom stereocenters. The fourth-order valence-corrected chi connectivity index (χ4v) is 3.98. The lowest BCUT2D eigenvalue weighted by Gasteiger charge is -2.44. The maximum atomic E-state index is 10.6. The van der Waals surface area contributed by atoms with Crippen LogP contribution in [0, 0.1) is 0 Å².